The minimum Gasteiger partial charge on any atom is -0.373 e. The predicted octanol–water partition coefficient (Wildman–Crippen LogP) is 3.77. The summed E-state index contributed by atoms with van der Waals surface area (Å²) in [5.41, 5.74) is -0.631. The second kappa shape index (κ2) is 7.14. The Bertz CT molecular complexity index is 1260. The normalized spacial score (nSPS) is 22.1. The minimum absolute atomic E-state index is 0.00108. The largest absolute Gasteiger partial charge is 0.373 e. The minimum atomic E-state index is -0.819. The molecule has 2 heterocycles. The molecular formula is C23H22F2N4O2. The van der Waals surface area contributed by atoms with Crippen LogP contribution in [-0.4, -0.2) is 28.0 Å². The molecule has 2 aromatic heterocycles. The zero-order chi connectivity index (χ0) is 21.8. The van der Waals surface area contributed by atoms with Crippen LogP contribution >= 0.6 is 0 Å². The molecule has 3 aromatic rings. The fraction of sp³-hybridized carbons (Fsp3) is 0.348. The maximum absolute atomic E-state index is 14.6. The molecule has 1 aromatic carbocycles. The number of nitrogens with zero attached hydrogens (tertiary/aromatic N) is 2. The summed E-state index contributed by atoms with van der Waals surface area (Å²) in [6, 6.07) is 6.33. The van der Waals surface area contributed by atoms with E-state index in [1.807, 2.05) is 0 Å². The molecule has 5 rings (SSSR count). The van der Waals surface area contributed by atoms with E-state index in [9.17, 15) is 18.4 Å². The zero-order valence-corrected chi connectivity index (χ0v) is 17.0. The Morgan fingerprint density at radius 3 is 2.61 bits per heavy atom. The number of carbonyl (C=O) groups is 1. The number of anilines is 1. The van der Waals surface area contributed by atoms with Gasteiger partial charge in [0.25, 0.3) is 5.91 Å². The van der Waals surface area contributed by atoms with Crippen molar-refractivity contribution in [2.24, 2.45) is 5.92 Å². The first kappa shape index (κ1) is 19.7. The van der Waals surface area contributed by atoms with Crippen molar-refractivity contribution >= 4 is 22.8 Å². The van der Waals surface area contributed by atoms with Crippen molar-refractivity contribution < 1.29 is 13.6 Å². The lowest BCUT2D eigenvalue weighted by molar-refractivity contribution is 0.0899. The van der Waals surface area contributed by atoms with Gasteiger partial charge in [-0.25, -0.2) is 13.8 Å². The van der Waals surface area contributed by atoms with Crippen molar-refractivity contribution in [3.63, 3.8) is 0 Å². The molecule has 2 N–H and O–H groups in total. The van der Waals surface area contributed by atoms with Gasteiger partial charge < -0.3 is 10.6 Å². The number of pyridine rings is 2. The quantitative estimate of drug-likeness (QED) is 0.669. The van der Waals surface area contributed by atoms with Crippen molar-refractivity contribution in [1.29, 1.82) is 0 Å². The Hall–Kier alpha value is -3.29. The van der Waals surface area contributed by atoms with Crippen molar-refractivity contribution in [1.82, 2.24) is 14.9 Å². The van der Waals surface area contributed by atoms with Crippen molar-refractivity contribution in [2.45, 2.75) is 37.6 Å². The van der Waals surface area contributed by atoms with Gasteiger partial charge in [-0.3, -0.25) is 14.2 Å². The second-order valence-electron chi connectivity index (χ2n) is 8.54. The van der Waals surface area contributed by atoms with Gasteiger partial charge in [-0.15, -0.1) is 0 Å². The summed E-state index contributed by atoms with van der Waals surface area (Å²) >= 11 is 0. The first-order valence-corrected chi connectivity index (χ1v) is 10.4. The average molecular weight is 424 g/mol. The molecule has 2 bridgehead atoms. The van der Waals surface area contributed by atoms with Gasteiger partial charge in [-0.05, 0) is 62.3 Å². The molecule has 0 aliphatic heterocycles. The third-order valence-corrected chi connectivity index (χ3v) is 6.64. The van der Waals surface area contributed by atoms with Crippen LogP contribution in [0, 0.1) is 17.6 Å². The summed E-state index contributed by atoms with van der Waals surface area (Å²) in [7, 11) is 1.67. The number of benzene rings is 1. The van der Waals surface area contributed by atoms with Crippen molar-refractivity contribution in [3.05, 3.63) is 63.9 Å². The summed E-state index contributed by atoms with van der Waals surface area (Å²) in [4.78, 5) is 30.8. The number of halogens is 2. The van der Waals surface area contributed by atoms with Gasteiger partial charge >= 0.3 is 0 Å². The molecule has 0 atom stereocenters. The number of fused-ring (bicyclic) bond motifs is 3. The standard InChI is InChI=1S/C23H22F2N4O2/c1-26-19-5-3-15-20(30)16(22(31)28-23-8-6-13(11-23)7-9-23)12-29(21(15)27-19)18-4-2-14(24)10-17(18)25/h2-5,10,12-13H,6-9,11H2,1H3,(H,26,27)(H,28,31). The first-order valence-electron chi connectivity index (χ1n) is 10.4. The third kappa shape index (κ3) is 3.26. The smallest absolute Gasteiger partial charge is 0.257 e. The number of rotatable bonds is 4. The summed E-state index contributed by atoms with van der Waals surface area (Å²) in [5.74, 6) is -0.901. The van der Waals surface area contributed by atoms with E-state index in [0.29, 0.717) is 11.7 Å². The fourth-order valence-corrected chi connectivity index (χ4v) is 5.04. The monoisotopic (exact) mass is 424 g/mol. The Labute approximate surface area is 177 Å². The number of hydrogen-bond donors (Lipinski definition) is 2. The highest BCUT2D eigenvalue weighted by molar-refractivity contribution is 5.97. The first-order chi connectivity index (χ1) is 14.9. The van der Waals surface area contributed by atoms with E-state index >= 15 is 0 Å². The van der Waals surface area contributed by atoms with Gasteiger partial charge in [0.2, 0.25) is 5.43 Å². The second-order valence-corrected chi connectivity index (χ2v) is 8.54. The molecule has 0 radical (unpaired) electrons. The summed E-state index contributed by atoms with van der Waals surface area (Å²) in [6.45, 7) is 0. The Morgan fingerprint density at radius 2 is 1.97 bits per heavy atom. The van der Waals surface area contributed by atoms with Gasteiger partial charge in [0.15, 0.2) is 5.65 Å². The molecule has 2 aliphatic rings. The summed E-state index contributed by atoms with van der Waals surface area (Å²) < 4.78 is 29.5. The third-order valence-electron chi connectivity index (χ3n) is 6.64. The summed E-state index contributed by atoms with van der Waals surface area (Å²) in [6.07, 6.45) is 6.22. The molecule has 0 saturated heterocycles. The molecular weight excluding hydrogens is 402 g/mol. The number of nitrogens with one attached hydrogen (secondary N) is 2. The van der Waals surface area contributed by atoms with Crippen LogP contribution in [0.3, 0.4) is 0 Å². The molecule has 31 heavy (non-hydrogen) atoms. The molecule has 2 aliphatic carbocycles. The Morgan fingerprint density at radius 1 is 1.19 bits per heavy atom. The molecule has 8 heteroatoms. The Kier molecular flexibility index (Phi) is 4.53. The van der Waals surface area contributed by atoms with E-state index in [1.54, 1.807) is 19.2 Å². The van der Waals surface area contributed by atoms with E-state index in [4.69, 9.17) is 0 Å². The maximum atomic E-state index is 14.6. The SMILES string of the molecule is CNc1ccc2c(=O)c(C(=O)NC34CCC(CC3)C4)cn(-c3ccc(F)cc3F)c2n1. The highest BCUT2D eigenvalue weighted by Crippen LogP contribution is 2.47. The van der Waals surface area contributed by atoms with Crippen LogP contribution in [0.1, 0.15) is 42.5 Å². The van der Waals surface area contributed by atoms with Crippen LogP contribution < -0.4 is 16.1 Å². The molecule has 160 valence electrons. The molecule has 6 nitrogen and oxygen atoms in total. The average Bonchev–Trinajstić information content (AvgIpc) is 3.34. The van der Waals surface area contributed by atoms with Gasteiger partial charge in [0.1, 0.15) is 23.0 Å². The van der Waals surface area contributed by atoms with Gasteiger partial charge in [0, 0.05) is 24.8 Å². The zero-order valence-electron chi connectivity index (χ0n) is 17.0. The van der Waals surface area contributed by atoms with Crippen LogP contribution in [-0.2, 0) is 0 Å². The molecule has 0 unspecified atom stereocenters. The van der Waals surface area contributed by atoms with Gasteiger partial charge in [-0.1, -0.05) is 0 Å². The van der Waals surface area contributed by atoms with Crippen LogP contribution in [0.15, 0.2) is 41.3 Å². The summed E-state index contributed by atoms with van der Waals surface area (Å²) in [5, 5.41) is 6.16. The van der Waals surface area contributed by atoms with Gasteiger partial charge in [0.05, 0.1) is 11.1 Å². The van der Waals surface area contributed by atoms with Crippen molar-refractivity contribution in [3.8, 4) is 5.69 Å². The fourth-order valence-electron chi connectivity index (χ4n) is 5.04. The molecule has 1 amide bonds. The van der Waals surface area contributed by atoms with Crippen LogP contribution in [0.4, 0.5) is 14.6 Å². The highest BCUT2D eigenvalue weighted by atomic mass is 19.1. The number of amides is 1. The highest BCUT2D eigenvalue weighted by Gasteiger charge is 2.46. The molecule has 2 saturated carbocycles. The lowest BCUT2D eigenvalue weighted by atomic mass is 9.93. The topological polar surface area (TPSA) is 76.0 Å². The number of carbonyl (C=O) groups excluding carboxylic acids is 1. The van der Waals surface area contributed by atoms with E-state index in [0.717, 1.165) is 44.2 Å². The van der Waals surface area contributed by atoms with E-state index < -0.39 is 23.0 Å². The van der Waals surface area contributed by atoms with E-state index in [2.05, 4.69) is 15.6 Å². The number of aromatic nitrogens is 2. The van der Waals surface area contributed by atoms with Crippen LogP contribution in [0.25, 0.3) is 16.7 Å². The van der Waals surface area contributed by atoms with Crippen LogP contribution in [0.5, 0.6) is 0 Å². The lowest BCUT2D eigenvalue weighted by Crippen LogP contribution is -2.46. The van der Waals surface area contributed by atoms with E-state index in [1.165, 1.54) is 16.8 Å². The Balaban J connectivity index is 1.68. The van der Waals surface area contributed by atoms with Crippen molar-refractivity contribution in [2.75, 3.05) is 12.4 Å². The predicted molar refractivity (Wildman–Crippen MR) is 114 cm³/mol. The molecule has 2 fully saturated rings. The van der Waals surface area contributed by atoms with Gasteiger partial charge in [-0.2, -0.15) is 0 Å². The molecule has 0 spiro atoms. The van der Waals surface area contributed by atoms with Crippen LogP contribution in [0.2, 0.25) is 0 Å². The number of hydrogen-bond acceptors (Lipinski definition) is 4. The van der Waals surface area contributed by atoms with E-state index in [-0.39, 0.29) is 27.8 Å². The lowest BCUT2D eigenvalue weighted by Gasteiger charge is -2.28. The maximum Gasteiger partial charge on any atom is 0.257 e.